The van der Waals surface area contributed by atoms with Crippen molar-refractivity contribution >= 4 is 27.5 Å². The maximum atomic E-state index is 11.8. The average molecular weight is 402 g/mol. The van der Waals surface area contributed by atoms with Gasteiger partial charge < -0.3 is 23.8 Å². The Morgan fingerprint density at radius 3 is 2.58 bits per heavy atom. The van der Waals surface area contributed by atoms with Crippen LogP contribution in [0, 0.1) is 5.92 Å². The summed E-state index contributed by atoms with van der Waals surface area (Å²) >= 11 is 3.50. The molecule has 1 amide bonds. The predicted octanol–water partition coefficient (Wildman–Crippen LogP) is 1.25. The third kappa shape index (κ3) is 2.33. The number of nitrogens with two attached hydrogens (primary N) is 1. The number of carbonyl (C=O) groups is 1. The molecule has 2 aliphatic rings. The molecule has 3 rings (SSSR count). The van der Waals surface area contributed by atoms with Crippen LogP contribution in [0.1, 0.15) is 18.6 Å². The molecule has 0 saturated carbocycles. The van der Waals surface area contributed by atoms with Crippen molar-refractivity contribution in [3.63, 3.8) is 0 Å². The number of benzene rings is 1. The summed E-state index contributed by atoms with van der Waals surface area (Å²) in [7, 11) is 3.00. The van der Waals surface area contributed by atoms with E-state index in [1.807, 2.05) is 0 Å². The summed E-state index contributed by atoms with van der Waals surface area (Å²) in [6, 6.07) is 0. The fourth-order valence-corrected chi connectivity index (χ4v) is 3.46. The molecular formula is C14H16BrN3O6. The topological polar surface area (TPSA) is 114 Å². The van der Waals surface area contributed by atoms with Gasteiger partial charge in [0.25, 0.3) is 5.91 Å². The summed E-state index contributed by atoms with van der Waals surface area (Å²) in [4.78, 5) is 17.3. The molecule has 10 heteroatoms. The molecule has 24 heavy (non-hydrogen) atoms. The van der Waals surface area contributed by atoms with E-state index in [-0.39, 0.29) is 18.4 Å². The van der Waals surface area contributed by atoms with Crippen LogP contribution in [0.2, 0.25) is 0 Å². The minimum atomic E-state index is -0.593. The maximum Gasteiger partial charge on any atom is 0.283 e. The highest BCUT2D eigenvalue weighted by atomic mass is 79.9. The van der Waals surface area contributed by atoms with Crippen LogP contribution in [-0.2, 0) is 9.63 Å². The van der Waals surface area contributed by atoms with E-state index < -0.39 is 12.0 Å². The van der Waals surface area contributed by atoms with Gasteiger partial charge in [0.2, 0.25) is 18.3 Å². The highest BCUT2D eigenvalue weighted by Crippen LogP contribution is 2.57. The summed E-state index contributed by atoms with van der Waals surface area (Å²) in [5, 5.41) is 3.85. The van der Waals surface area contributed by atoms with Crippen LogP contribution in [-0.4, -0.2) is 32.6 Å². The zero-order chi connectivity index (χ0) is 17.4. The summed E-state index contributed by atoms with van der Waals surface area (Å²) in [6.07, 6.45) is -0.593. The summed E-state index contributed by atoms with van der Waals surface area (Å²) < 4.78 is 22.5. The van der Waals surface area contributed by atoms with Crippen LogP contribution in [0.4, 0.5) is 0 Å². The number of amides is 1. The van der Waals surface area contributed by atoms with E-state index in [0.717, 1.165) is 0 Å². The smallest absolute Gasteiger partial charge is 0.283 e. The Morgan fingerprint density at radius 1 is 1.29 bits per heavy atom. The Morgan fingerprint density at radius 2 is 1.96 bits per heavy atom. The van der Waals surface area contributed by atoms with E-state index in [1.165, 1.54) is 14.2 Å². The molecule has 130 valence electrons. The lowest BCUT2D eigenvalue weighted by Gasteiger charge is -2.22. The summed E-state index contributed by atoms with van der Waals surface area (Å²) in [6.45, 7) is 1.87. The number of ether oxygens (including phenoxy) is 4. The lowest BCUT2D eigenvalue weighted by Crippen LogP contribution is -2.38. The van der Waals surface area contributed by atoms with Gasteiger partial charge in [0.1, 0.15) is 0 Å². The van der Waals surface area contributed by atoms with Crippen molar-refractivity contribution in [2.24, 2.45) is 16.9 Å². The van der Waals surface area contributed by atoms with Gasteiger partial charge in [-0.1, -0.05) is 12.1 Å². The van der Waals surface area contributed by atoms with E-state index >= 15 is 0 Å². The Hall–Kier alpha value is -2.20. The molecular weight excluding hydrogens is 386 g/mol. The molecule has 0 aromatic heterocycles. The number of hydrogen-bond acceptors (Lipinski definition) is 8. The fraction of sp³-hybridized carbons (Fsp3) is 0.429. The number of fused-ring (bicyclic) bond motifs is 1. The van der Waals surface area contributed by atoms with Crippen LogP contribution in [0.15, 0.2) is 9.63 Å². The first-order chi connectivity index (χ1) is 11.5. The van der Waals surface area contributed by atoms with Gasteiger partial charge in [0, 0.05) is 0 Å². The second kappa shape index (κ2) is 6.36. The van der Waals surface area contributed by atoms with Gasteiger partial charge >= 0.3 is 0 Å². The molecule has 0 aliphatic carbocycles. The molecule has 1 aromatic carbocycles. The Bertz CT molecular complexity index is 723. The third-order valence-corrected chi connectivity index (χ3v) is 4.70. The second-order valence-corrected chi connectivity index (χ2v) is 5.92. The highest BCUT2D eigenvalue weighted by Gasteiger charge is 2.42. The van der Waals surface area contributed by atoms with E-state index in [4.69, 9.17) is 29.6 Å². The van der Waals surface area contributed by atoms with Crippen molar-refractivity contribution < 1.29 is 28.6 Å². The normalized spacial score (nSPS) is 21.1. The third-order valence-electron chi connectivity index (χ3n) is 3.91. The first kappa shape index (κ1) is 16.7. The zero-order valence-corrected chi connectivity index (χ0v) is 14.8. The summed E-state index contributed by atoms with van der Waals surface area (Å²) in [5.41, 5.74) is 2.85. The van der Waals surface area contributed by atoms with Gasteiger partial charge in [0.15, 0.2) is 23.3 Å². The van der Waals surface area contributed by atoms with Crippen molar-refractivity contribution in [2.75, 3.05) is 21.0 Å². The Balaban J connectivity index is 2.11. The molecule has 0 saturated heterocycles. The van der Waals surface area contributed by atoms with Gasteiger partial charge in [-0.25, -0.2) is 5.84 Å². The van der Waals surface area contributed by atoms with Crippen molar-refractivity contribution in [3.05, 3.63) is 10.0 Å². The van der Waals surface area contributed by atoms with Crippen LogP contribution in [0.25, 0.3) is 0 Å². The van der Waals surface area contributed by atoms with Gasteiger partial charge in [0.05, 0.1) is 30.2 Å². The highest BCUT2D eigenvalue weighted by molar-refractivity contribution is 9.10. The molecule has 0 unspecified atom stereocenters. The number of nitrogens with one attached hydrogen (secondary N) is 1. The number of rotatable bonds is 4. The van der Waals surface area contributed by atoms with Crippen molar-refractivity contribution in [2.45, 2.75) is 13.0 Å². The molecule has 2 atom stereocenters. The lowest BCUT2D eigenvalue weighted by atomic mass is 9.92. The summed E-state index contributed by atoms with van der Waals surface area (Å²) in [5.74, 6) is 6.02. The van der Waals surface area contributed by atoms with Gasteiger partial charge in [-0.2, -0.15) is 0 Å². The SMILES string of the molecule is COc1c2c(c(Br)c([C@@H]3ON=C(C(=O)NN)[C@@H]3C)c1OC)OCO2. The van der Waals surface area contributed by atoms with Crippen LogP contribution < -0.4 is 30.2 Å². The number of hydrazine groups is 1. The number of halogens is 1. The molecule has 0 spiro atoms. The van der Waals surface area contributed by atoms with E-state index in [0.29, 0.717) is 33.0 Å². The molecule has 0 fully saturated rings. The van der Waals surface area contributed by atoms with E-state index in [2.05, 4.69) is 26.5 Å². The molecule has 2 aliphatic heterocycles. The second-order valence-electron chi connectivity index (χ2n) is 5.12. The Labute approximate surface area is 146 Å². The van der Waals surface area contributed by atoms with Gasteiger partial charge in [-0.3, -0.25) is 10.2 Å². The molecule has 9 nitrogen and oxygen atoms in total. The molecule has 0 bridgehead atoms. The number of nitrogens with zero attached hydrogens (tertiary/aromatic N) is 1. The standard InChI is InChI=1S/C14H16BrN3O6/c1-5-8(14(19)17-16)18-24-9(5)6-7(15)11-13(23-4-22-11)12(21-3)10(6)20-2/h5,9H,4,16H2,1-3H3,(H,17,19)/t5-,9+/m0/s1. The molecule has 1 aromatic rings. The van der Waals surface area contributed by atoms with Gasteiger partial charge in [-0.05, 0) is 15.9 Å². The van der Waals surface area contributed by atoms with Crippen molar-refractivity contribution in [1.29, 1.82) is 0 Å². The largest absolute Gasteiger partial charge is 0.492 e. The van der Waals surface area contributed by atoms with Crippen molar-refractivity contribution in [3.8, 4) is 23.0 Å². The molecule has 2 heterocycles. The van der Waals surface area contributed by atoms with Crippen LogP contribution in [0.5, 0.6) is 23.0 Å². The first-order valence-electron chi connectivity index (χ1n) is 7.02. The van der Waals surface area contributed by atoms with Gasteiger partial charge in [-0.15, -0.1) is 0 Å². The van der Waals surface area contributed by atoms with Crippen LogP contribution >= 0.6 is 15.9 Å². The van der Waals surface area contributed by atoms with E-state index in [9.17, 15) is 4.79 Å². The zero-order valence-electron chi connectivity index (χ0n) is 13.2. The number of hydrogen-bond donors (Lipinski definition) is 2. The number of carbonyl (C=O) groups excluding carboxylic acids is 1. The van der Waals surface area contributed by atoms with E-state index in [1.54, 1.807) is 6.92 Å². The monoisotopic (exact) mass is 401 g/mol. The Kier molecular flexibility index (Phi) is 4.41. The molecule has 0 radical (unpaired) electrons. The van der Waals surface area contributed by atoms with Crippen molar-refractivity contribution in [1.82, 2.24) is 5.43 Å². The fourth-order valence-electron chi connectivity index (χ4n) is 2.76. The number of oxime groups is 1. The van der Waals surface area contributed by atoms with Crippen LogP contribution in [0.3, 0.4) is 0 Å². The quantitative estimate of drug-likeness (QED) is 0.443. The minimum absolute atomic E-state index is 0.0648. The average Bonchev–Trinajstić information content (AvgIpc) is 3.21. The lowest BCUT2D eigenvalue weighted by molar-refractivity contribution is -0.115. The first-order valence-corrected chi connectivity index (χ1v) is 7.82. The maximum absolute atomic E-state index is 11.8. The molecule has 3 N–H and O–H groups in total. The minimum Gasteiger partial charge on any atom is -0.492 e. The number of methoxy groups -OCH3 is 2. The predicted molar refractivity (Wildman–Crippen MR) is 86.1 cm³/mol.